The molecule has 0 aliphatic heterocycles. The molecule has 184 valence electrons. The molecular formula is C25H25N7O4. The van der Waals surface area contributed by atoms with E-state index in [2.05, 4.69) is 28.2 Å². The number of ether oxygens (including phenoxy) is 1. The third kappa shape index (κ3) is 4.61. The molecule has 2 unspecified atom stereocenters. The van der Waals surface area contributed by atoms with E-state index in [4.69, 9.17) is 15.0 Å². The van der Waals surface area contributed by atoms with Crippen molar-refractivity contribution < 1.29 is 14.1 Å². The first-order chi connectivity index (χ1) is 17.3. The Morgan fingerprint density at radius 2 is 2.11 bits per heavy atom. The van der Waals surface area contributed by atoms with Crippen LogP contribution in [0.25, 0.3) is 5.69 Å². The van der Waals surface area contributed by atoms with Crippen LogP contribution in [0, 0.1) is 17.2 Å². The minimum atomic E-state index is -0.866. The SMILES string of the molecule is COc1c(C(N)=O)ncn(-c2conc2CCC(C)C(c2cnn(C)c2)c2ccccc2C#N)c1=O. The van der Waals surface area contributed by atoms with Crippen LogP contribution in [0.1, 0.15) is 52.1 Å². The smallest absolute Gasteiger partial charge is 0.301 e. The Hall–Kier alpha value is -4.72. The molecule has 0 aliphatic carbocycles. The first-order valence-corrected chi connectivity index (χ1v) is 11.2. The van der Waals surface area contributed by atoms with E-state index in [9.17, 15) is 14.9 Å². The first kappa shape index (κ1) is 24.4. The summed E-state index contributed by atoms with van der Waals surface area (Å²) in [7, 11) is 3.12. The van der Waals surface area contributed by atoms with Gasteiger partial charge in [-0.05, 0) is 36.0 Å². The van der Waals surface area contributed by atoms with Gasteiger partial charge < -0.3 is 15.0 Å². The number of nitrogens with zero attached hydrogens (tertiary/aromatic N) is 6. The van der Waals surface area contributed by atoms with Crippen LogP contribution in [0.3, 0.4) is 0 Å². The summed E-state index contributed by atoms with van der Waals surface area (Å²) in [6.45, 7) is 2.10. The van der Waals surface area contributed by atoms with E-state index in [1.54, 1.807) is 4.68 Å². The summed E-state index contributed by atoms with van der Waals surface area (Å²) in [5.41, 5.74) is 7.92. The quantitative estimate of drug-likeness (QED) is 0.377. The lowest BCUT2D eigenvalue weighted by molar-refractivity contribution is 0.0991. The molecule has 36 heavy (non-hydrogen) atoms. The molecule has 2 atom stereocenters. The molecule has 0 bridgehead atoms. The second-order valence-electron chi connectivity index (χ2n) is 8.45. The van der Waals surface area contributed by atoms with Crippen molar-refractivity contribution in [1.82, 2.24) is 24.5 Å². The van der Waals surface area contributed by atoms with Gasteiger partial charge in [-0.3, -0.25) is 18.8 Å². The van der Waals surface area contributed by atoms with E-state index in [0.29, 0.717) is 29.8 Å². The fourth-order valence-electron chi connectivity index (χ4n) is 4.41. The summed E-state index contributed by atoms with van der Waals surface area (Å²) in [4.78, 5) is 28.5. The maximum absolute atomic E-state index is 12.9. The number of aromatic nitrogens is 5. The predicted octanol–water partition coefficient (Wildman–Crippen LogP) is 2.33. The van der Waals surface area contributed by atoms with E-state index in [1.807, 2.05) is 43.7 Å². The van der Waals surface area contributed by atoms with E-state index in [0.717, 1.165) is 11.1 Å². The van der Waals surface area contributed by atoms with Crippen LogP contribution >= 0.6 is 0 Å². The van der Waals surface area contributed by atoms with Crippen LogP contribution in [-0.2, 0) is 13.5 Å². The molecule has 0 saturated carbocycles. The molecule has 0 spiro atoms. The maximum atomic E-state index is 12.9. The van der Waals surface area contributed by atoms with Gasteiger partial charge in [0.1, 0.15) is 24.0 Å². The van der Waals surface area contributed by atoms with Crippen molar-refractivity contribution in [1.29, 1.82) is 5.26 Å². The number of nitrogens with two attached hydrogens (primary N) is 1. The van der Waals surface area contributed by atoms with Crippen LogP contribution in [0.15, 0.2) is 58.6 Å². The minimum absolute atomic E-state index is 0.0786. The predicted molar refractivity (Wildman–Crippen MR) is 129 cm³/mol. The monoisotopic (exact) mass is 487 g/mol. The summed E-state index contributed by atoms with van der Waals surface area (Å²) in [5.74, 6) is -1.12. The van der Waals surface area contributed by atoms with E-state index in [-0.39, 0.29) is 23.3 Å². The Kier molecular flexibility index (Phi) is 6.96. The van der Waals surface area contributed by atoms with Crippen molar-refractivity contribution in [3.63, 3.8) is 0 Å². The van der Waals surface area contributed by atoms with Crippen LogP contribution in [0.4, 0.5) is 0 Å². The highest BCUT2D eigenvalue weighted by atomic mass is 16.5. The zero-order valence-corrected chi connectivity index (χ0v) is 20.1. The van der Waals surface area contributed by atoms with E-state index >= 15 is 0 Å². The molecule has 3 aromatic heterocycles. The molecule has 0 radical (unpaired) electrons. The van der Waals surface area contributed by atoms with Crippen molar-refractivity contribution in [2.24, 2.45) is 18.7 Å². The van der Waals surface area contributed by atoms with Crippen molar-refractivity contribution >= 4 is 5.91 Å². The maximum Gasteiger partial charge on any atom is 0.301 e. The van der Waals surface area contributed by atoms with Crippen LogP contribution < -0.4 is 16.0 Å². The van der Waals surface area contributed by atoms with Gasteiger partial charge in [-0.1, -0.05) is 30.3 Å². The zero-order chi connectivity index (χ0) is 25.8. The number of nitriles is 1. The molecule has 0 aliphatic rings. The van der Waals surface area contributed by atoms with Crippen LogP contribution in [0.5, 0.6) is 5.75 Å². The highest BCUT2D eigenvalue weighted by Gasteiger charge is 2.26. The van der Waals surface area contributed by atoms with Gasteiger partial charge >= 0.3 is 5.56 Å². The minimum Gasteiger partial charge on any atom is -0.489 e. The Bertz CT molecular complexity index is 1490. The number of carbonyl (C=O) groups is 1. The number of methoxy groups -OCH3 is 1. The molecule has 11 heteroatoms. The average molecular weight is 488 g/mol. The summed E-state index contributed by atoms with van der Waals surface area (Å²) >= 11 is 0. The molecule has 1 aromatic carbocycles. The number of hydrogen-bond acceptors (Lipinski definition) is 8. The molecule has 0 saturated heterocycles. The number of carbonyl (C=O) groups excluding carboxylic acids is 1. The Labute approximate surface area is 206 Å². The van der Waals surface area contributed by atoms with Gasteiger partial charge in [0.05, 0.1) is 24.9 Å². The van der Waals surface area contributed by atoms with E-state index < -0.39 is 11.5 Å². The number of rotatable bonds is 9. The fourth-order valence-corrected chi connectivity index (χ4v) is 4.41. The average Bonchev–Trinajstić information content (AvgIpc) is 3.51. The Morgan fingerprint density at radius 3 is 2.78 bits per heavy atom. The number of amides is 1. The largest absolute Gasteiger partial charge is 0.489 e. The topological polar surface area (TPSA) is 155 Å². The van der Waals surface area contributed by atoms with Gasteiger partial charge in [0.15, 0.2) is 5.69 Å². The molecule has 3 heterocycles. The highest BCUT2D eigenvalue weighted by Crippen LogP contribution is 2.36. The van der Waals surface area contributed by atoms with Gasteiger partial charge in [0.2, 0.25) is 5.75 Å². The molecule has 1 amide bonds. The number of aryl methyl sites for hydroxylation is 2. The number of primary amides is 1. The lowest BCUT2D eigenvalue weighted by atomic mass is 9.79. The first-order valence-electron chi connectivity index (χ1n) is 11.2. The van der Waals surface area contributed by atoms with Gasteiger partial charge in [-0.2, -0.15) is 10.4 Å². The van der Waals surface area contributed by atoms with Crippen LogP contribution in [0.2, 0.25) is 0 Å². The second-order valence-corrected chi connectivity index (χ2v) is 8.45. The third-order valence-corrected chi connectivity index (χ3v) is 6.16. The van der Waals surface area contributed by atoms with Crippen molar-refractivity contribution in [3.05, 3.63) is 87.7 Å². The van der Waals surface area contributed by atoms with Crippen molar-refractivity contribution in [2.75, 3.05) is 7.11 Å². The summed E-state index contributed by atoms with van der Waals surface area (Å²) in [6, 6.07) is 9.83. The van der Waals surface area contributed by atoms with Gasteiger partial charge in [0.25, 0.3) is 5.91 Å². The summed E-state index contributed by atoms with van der Waals surface area (Å²) in [6.07, 6.45) is 7.45. The third-order valence-electron chi connectivity index (χ3n) is 6.16. The summed E-state index contributed by atoms with van der Waals surface area (Å²) in [5, 5.41) is 18.1. The molecule has 4 rings (SSSR count). The summed E-state index contributed by atoms with van der Waals surface area (Å²) < 4.78 is 13.2. The van der Waals surface area contributed by atoms with E-state index in [1.165, 1.54) is 24.3 Å². The Morgan fingerprint density at radius 1 is 1.33 bits per heavy atom. The molecule has 2 N–H and O–H groups in total. The standard InChI is InChI=1S/C25H25N7O4/c1-15(21(17-11-29-31(2)12-17)18-7-5-4-6-16(18)10-26)8-9-19-20(13-36-30-19)32-14-28-22(24(27)33)23(35-3)25(32)34/h4-7,11-15,21H,8-9H2,1-3H3,(H2,27,33). The van der Waals surface area contributed by atoms with Crippen molar-refractivity contribution in [3.8, 4) is 17.5 Å². The molecule has 11 nitrogen and oxygen atoms in total. The molecular weight excluding hydrogens is 462 g/mol. The fraction of sp³-hybridized carbons (Fsp3) is 0.280. The number of hydrogen-bond donors (Lipinski definition) is 1. The van der Waals surface area contributed by atoms with Gasteiger partial charge in [-0.25, -0.2) is 4.98 Å². The molecule has 4 aromatic rings. The Balaban J connectivity index is 1.64. The van der Waals surface area contributed by atoms with Gasteiger partial charge in [-0.15, -0.1) is 0 Å². The lowest BCUT2D eigenvalue weighted by Crippen LogP contribution is -2.26. The van der Waals surface area contributed by atoms with Crippen LogP contribution in [-0.4, -0.2) is 37.5 Å². The number of benzene rings is 1. The highest BCUT2D eigenvalue weighted by molar-refractivity contribution is 5.93. The normalized spacial score (nSPS) is 12.6. The lowest BCUT2D eigenvalue weighted by Gasteiger charge is -2.24. The molecule has 0 fully saturated rings. The van der Waals surface area contributed by atoms with Gasteiger partial charge in [0, 0.05) is 19.2 Å². The second kappa shape index (κ2) is 10.3. The zero-order valence-electron chi connectivity index (χ0n) is 20.1. The van der Waals surface area contributed by atoms with Crippen molar-refractivity contribution in [2.45, 2.75) is 25.7 Å².